The van der Waals surface area contributed by atoms with Crippen molar-refractivity contribution >= 4 is 35.8 Å². The highest BCUT2D eigenvalue weighted by Crippen LogP contribution is 2.22. The fourth-order valence-electron chi connectivity index (χ4n) is 3.71. The highest BCUT2D eigenvalue weighted by Gasteiger charge is 2.25. The smallest absolute Gasteiger partial charge is 0.289 e. The number of nitrogens with zero attached hydrogens (tertiary/aromatic N) is 4. The summed E-state index contributed by atoms with van der Waals surface area (Å²) in [4.78, 5) is 25.2. The van der Waals surface area contributed by atoms with Crippen molar-refractivity contribution in [3.05, 3.63) is 77.4 Å². The number of aliphatic imine (C=N–C) groups is 1. The third-order valence-electron chi connectivity index (χ3n) is 5.76. The number of benzene rings is 1. The van der Waals surface area contributed by atoms with Crippen LogP contribution < -0.4 is 10.1 Å². The number of nitrogens with one attached hydrogen (secondary N) is 1. The van der Waals surface area contributed by atoms with Crippen molar-refractivity contribution in [1.29, 1.82) is 0 Å². The number of pyridine rings is 1. The zero-order chi connectivity index (χ0) is 23.2. The van der Waals surface area contributed by atoms with Crippen molar-refractivity contribution < 1.29 is 13.9 Å². The Morgan fingerprint density at radius 2 is 1.85 bits per heavy atom. The maximum Gasteiger partial charge on any atom is 0.289 e. The van der Waals surface area contributed by atoms with Gasteiger partial charge in [-0.1, -0.05) is 6.07 Å². The molecule has 0 saturated carbocycles. The largest absolute Gasteiger partial charge is 0.459 e. The van der Waals surface area contributed by atoms with Gasteiger partial charge in [0.2, 0.25) is 5.88 Å². The average Bonchev–Trinajstić information content (AvgIpc) is 3.37. The minimum atomic E-state index is -0.0734. The van der Waals surface area contributed by atoms with Crippen LogP contribution in [0.5, 0.6) is 11.6 Å². The Labute approximate surface area is 217 Å². The minimum Gasteiger partial charge on any atom is -0.459 e. The predicted molar refractivity (Wildman–Crippen MR) is 142 cm³/mol. The molecule has 34 heavy (non-hydrogen) atoms. The second-order valence-electron chi connectivity index (χ2n) is 8.01. The Kier molecular flexibility index (Phi) is 8.91. The molecule has 180 valence electrons. The van der Waals surface area contributed by atoms with E-state index >= 15 is 0 Å². The fraction of sp³-hybridized carbons (Fsp3) is 0.320. The molecule has 3 aromatic rings. The van der Waals surface area contributed by atoms with E-state index < -0.39 is 0 Å². The van der Waals surface area contributed by atoms with Gasteiger partial charge in [0.25, 0.3) is 5.91 Å². The van der Waals surface area contributed by atoms with Crippen LogP contribution in [0.15, 0.2) is 64.3 Å². The number of aromatic nitrogens is 1. The van der Waals surface area contributed by atoms with Gasteiger partial charge >= 0.3 is 0 Å². The van der Waals surface area contributed by atoms with Gasteiger partial charge in [-0.3, -0.25) is 9.79 Å². The van der Waals surface area contributed by atoms with Crippen molar-refractivity contribution in [1.82, 2.24) is 20.1 Å². The number of aryl methyl sites for hydroxylation is 2. The van der Waals surface area contributed by atoms with Crippen molar-refractivity contribution in [3.8, 4) is 11.6 Å². The summed E-state index contributed by atoms with van der Waals surface area (Å²) in [7, 11) is 1.77. The van der Waals surface area contributed by atoms with E-state index in [9.17, 15) is 4.79 Å². The summed E-state index contributed by atoms with van der Waals surface area (Å²) in [5.74, 6) is 2.43. The first-order valence-corrected chi connectivity index (χ1v) is 11.0. The molecule has 0 unspecified atom stereocenters. The summed E-state index contributed by atoms with van der Waals surface area (Å²) in [6.07, 6.45) is 3.27. The topological polar surface area (TPSA) is 83.2 Å². The number of carbonyl (C=O) groups is 1. The lowest BCUT2D eigenvalue weighted by Gasteiger charge is -2.36. The van der Waals surface area contributed by atoms with E-state index in [4.69, 9.17) is 9.15 Å². The van der Waals surface area contributed by atoms with Gasteiger partial charge in [0.1, 0.15) is 5.75 Å². The van der Waals surface area contributed by atoms with Gasteiger partial charge in [0.05, 0.1) is 6.26 Å². The zero-order valence-corrected chi connectivity index (χ0v) is 22.0. The third kappa shape index (κ3) is 6.28. The van der Waals surface area contributed by atoms with Gasteiger partial charge in [0, 0.05) is 52.0 Å². The van der Waals surface area contributed by atoms with Crippen LogP contribution in [0.3, 0.4) is 0 Å². The maximum atomic E-state index is 12.5. The lowest BCUT2D eigenvalue weighted by atomic mass is 10.1. The Balaban J connectivity index is 0.00000324. The highest BCUT2D eigenvalue weighted by atomic mass is 127. The summed E-state index contributed by atoms with van der Waals surface area (Å²) in [6.45, 7) is 7.35. The first-order chi connectivity index (χ1) is 16.0. The standard InChI is InChI=1S/C25H29N5O3.HI/c1-18-6-7-21(15-19(18)2)33-23-16-20(8-9-27-23)17-28-25(26-3)30-12-10-29(11-13-30)24(31)22-5-4-14-32-22;/h4-9,14-16H,10-13,17H2,1-3H3,(H,26,28);1H. The molecule has 0 radical (unpaired) electrons. The van der Waals surface area contributed by atoms with E-state index in [0.29, 0.717) is 44.4 Å². The summed E-state index contributed by atoms with van der Waals surface area (Å²) in [5, 5.41) is 3.41. The molecule has 1 fully saturated rings. The van der Waals surface area contributed by atoms with Crippen molar-refractivity contribution in [2.45, 2.75) is 20.4 Å². The Morgan fingerprint density at radius 3 is 2.53 bits per heavy atom. The first kappa shape index (κ1) is 25.5. The van der Waals surface area contributed by atoms with Crippen LogP contribution in [0, 0.1) is 13.8 Å². The van der Waals surface area contributed by atoms with Crippen LogP contribution >= 0.6 is 24.0 Å². The molecule has 0 atom stereocenters. The van der Waals surface area contributed by atoms with Crippen molar-refractivity contribution in [2.24, 2.45) is 4.99 Å². The average molecular weight is 575 g/mol. The Morgan fingerprint density at radius 1 is 1.09 bits per heavy atom. The predicted octanol–water partition coefficient (Wildman–Crippen LogP) is 4.24. The van der Waals surface area contributed by atoms with Crippen molar-refractivity contribution in [2.75, 3.05) is 33.2 Å². The first-order valence-electron chi connectivity index (χ1n) is 11.0. The Bertz CT molecular complexity index is 1130. The molecule has 2 aromatic heterocycles. The van der Waals surface area contributed by atoms with Crippen LogP contribution in [0.4, 0.5) is 0 Å². The fourth-order valence-corrected chi connectivity index (χ4v) is 3.71. The van der Waals surface area contributed by atoms with E-state index in [1.807, 2.05) is 35.2 Å². The Hall–Kier alpha value is -3.08. The van der Waals surface area contributed by atoms with Gasteiger partial charge in [-0.25, -0.2) is 4.98 Å². The number of carbonyl (C=O) groups excluding carboxylic acids is 1. The molecular weight excluding hydrogens is 545 g/mol. The van der Waals surface area contributed by atoms with Crippen LogP contribution in [0.2, 0.25) is 0 Å². The molecular formula is C25H30IN5O3. The van der Waals surface area contributed by atoms with Gasteiger partial charge in [-0.15, -0.1) is 24.0 Å². The number of ether oxygens (including phenoxy) is 1. The van der Waals surface area contributed by atoms with Crippen LogP contribution in [0.25, 0.3) is 0 Å². The summed E-state index contributed by atoms with van der Waals surface area (Å²) >= 11 is 0. The number of rotatable bonds is 5. The molecule has 3 heterocycles. The van der Waals surface area contributed by atoms with E-state index in [-0.39, 0.29) is 29.9 Å². The van der Waals surface area contributed by atoms with Crippen LogP contribution in [-0.4, -0.2) is 59.9 Å². The minimum absolute atomic E-state index is 0. The molecule has 1 aromatic carbocycles. The molecule has 1 N–H and O–H groups in total. The molecule has 1 saturated heterocycles. The number of amides is 1. The van der Waals surface area contributed by atoms with Crippen LogP contribution in [0.1, 0.15) is 27.2 Å². The quantitative estimate of drug-likeness (QED) is 0.279. The highest BCUT2D eigenvalue weighted by molar-refractivity contribution is 14.0. The van der Waals surface area contributed by atoms with E-state index in [1.165, 1.54) is 17.4 Å². The number of furan rings is 1. The van der Waals surface area contributed by atoms with E-state index in [1.54, 1.807) is 25.4 Å². The van der Waals surface area contributed by atoms with Gasteiger partial charge < -0.3 is 24.3 Å². The molecule has 1 aliphatic heterocycles. The SMILES string of the molecule is CN=C(NCc1ccnc(Oc2ccc(C)c(C)c2)c1)N1CCN(C(=O)c2ccco2)CC1.I. The zero-order valence-electron chi connectivity index (χ0n) is 19.7. The van der Waals surface area contributed by atoms with E-state index in [2.05, 4.69) is 34.0 Å². The molecule has 1 amide bonds. The lowest BCUT2D eigenvalue weighted by Crippen LogP contribution is -2.53. The van der Waals surface area contributed by atoms with Crippen molar-refractivity contribution in [3.63, 3.8) is 0 Å². The second kappa shape index (κ2) is 11.9. The molecule has 8 nitrogen and oxygen atoms in total. The molecule has 1 aliphatic rings. The third-order valence-corrected chi connectivity index (χ3v) is 5.76. The maximum absolute atomic E-state index is 12.5. The van der Waals surface area contributed by atoms with Gasteiger partial charge in [-0.05, 0) is 60.9 Å². The molecule has 0 bridgehead atoms. The summed E-state index contributed by atoms with van der Waals surface area (Å²) < 4.78 is 11.2. The number of piperazine rings is 1. The lowest BCUT2D eigenvalue weighted by molar-refractivity contribution is 0.0657. The molecule has 0 spiro atoms. The normalized spacial score (nSPS) is 13.9. The number of guanidine groups is 1. The number of halogens is 1. The number of hydrogen-bond acceptors (Lipinski definition) is 5. The summed E-state index contributed by atoms with van der Waals surface area (Å²) in [6, 6.07) is 13.3. The van der Waals surface area contributed by atoms with Gasteiger partial charge in [0.15, 0.2) is 11.7 Å². The number of hydrogen-bond donors (Lipinski definition) is 1. The molecule has 9 heteroatoms. The molecule has 0 aliphatic carbocycles. The van der Waals surface area contributed by atoms with E-state index in [0.717, 1.165) is 17.3 Å². The monoisotopic (exact) mass is 575 g/mol. The van der Waals surface area contributed by atoms with Crippen LogP contribution in [-0.2, 0) is 6.54 Å². The second-order valence-corrected chi connectivity index (χ2v) is 8.01. The van der Waals surface area contributed by atoms with Gasteiger partial charge in [-0.2, -0.15) is 0 Å². The summed E-state index contributed by atoms with van der Waals surface area (Å²) in [5.41, 5.74) is 3.45. The molecule has 4 rings (SSSR count).